The fourth-order valence-corrected chi connectivity index (χ4v) is 3.71. The Kier molecular flexibility index (Phi) is 6.18. The van der Waals surface area contributed by atoms with Crippen molar-refractivity contribution < 1.29 is 22.7 Å². The molecule has 164 valence electrons. The van der Waals surface area contributed by atoms with E-state index < -0.39 is 22.5 Å². The number of fused-ring (bicyclic) bond motifs is 1. The van der Waals surface area contributed by atoms with Crippen LogP contribution in [0.5, 0.6) is 11.6 Å². The van der Waals surface area contributed by atoms with Crippen molar-refractivity contribution in [1.82, 2.24) is 15.0 Å². The summed E-state index contributed by atoms with van der Waals surface area (Å²) >= 11 is 12.3. The van der Waals surface area contributed by atoms with Crippen LogP contribution in [-0.2, 0) is 11.0 Å². The van der Waals surface area contributed by atoms with Crippen molar-refractivity contribution in [2.45, 2.75) is 11.0 Å². The SMILES string of the molecule is O=C(Nc1nc2c(Oc3cc(-c4ccc(C(F)(F)F)cc4)ncn3)cccc2s1)C(Cl)Cl. The van der Waals surface area contributed by atoms with Gasteiger partial charge in [-0.15, -0.1) is 0 Å². The van der Waals surface area contributed by atoms with Gasteiger partial charge < -0.3 is 4.74 Å². The number of aromatic nitrogens is 3. The second kappa shape index (κ2) is 8.89. The average molecular weight is 499 g/mol. The topological polar surface area (TPSA) is 77.0 Å². The van der Waals surface area contributed by atoms with Gasteiger partial charge in [0, 0.05) is 11.6 Å². The molecule has 0 radical (unpaired) electrons. The molecular formula is C20H11Cl2F3N4O2S. The Labute approximate surface area is 193 Å². The van der Waals surface area contributed by atoms with E-state index in [1.54, 1.807) is 18.2 Å². The first-order valence-corrected chi connectivity index (χ1v) is 10.6. The molecular weight excluding hydrogens is 488 g/mol. The Hall–Kier alpha value is -2.95. The van der Waals surface area contributed by atoms with Crippen LogP contribution in [0.15, 0.2) is 54.9 Å². The van der Waals surface area contributed by atoms with Gasteiger partial charge in [0.1, 0.15) is 11.8 Å². The lowest BCUT2D eigenvalue weighted by atomic mass is 10.1. The first-order valence-electron chi connectivity index (χ1n) is 8.87. The number of amides is 1. The molecule has 1 N–H and O–H groups in total. The van der Waals surface area contributed by atoms with E-state index in [1.807, 2.05) is 0 Å². The maximum Gasteiger partial charge on any atom is 0.416 e. The molecule has 0 aliphatic heterocycles. The molecule has 4 aromatic rings. The summed E-state index contributed by atoms with van der Waals surface area (Å²) in [6, 6.07) is 11.3. The van der Waals surface area contributed by atoms with E-state index in [0.717, 1.165) is 16.8 Å². The zero-order valence-corrected chi connectivity index (χ0v) is 18.1. The smallest absolute Gasteiger partial charge is 0.416 e. The van der Waals surface area contributed by atoms with Crippen LogP contribution in [0.4, 0.5) is 18.3 Å². The van der Waals surface area contributed by atoms with Crippen LogP contribution in [-0.4, -0.2) is 25.7 Å². The molecule has 2 heterocycles. The number of para-hydroxylation sites is 1. The third-order valence-corrected chi connectivity index (χ3v) is 5.51. The Morgan fingerprint density at radius 2 is 1.84 bits per heavy atom. The van der Waals surface area contributed by atoms with Crippen molar-refractivity contribution >= 4 is 55.8 Å². The maximum absolute atomic E-state index is 12.8. The monoisotopic (exact) mass is 498 g/mol. The second-order valence-corrected chi connectivity index (χ2v) is 8.46. The number of alkyl halides is 5. The zero-order valence-electron chi connectivity index (χ0n) is 15.7. The third kappa shape index (κ3) is 4.93. The second-order valence-electron chi connectivity index (χ2n) is 6.33. The summed E-state index contributed by atoms with van der Waals surface area (Å²) in [5.74, 6) is -0.0704. The summed E-state index contributed by atoms with van der Waals surface area (Å²) in [5, 5.41) is 2.80. The van der Waals surface area contributed by atoms with Crippen LogP contribution in [0.2, 0.25) is 0 Å². The number of halogens is 5. The minimum Gasteiger partial charge on any atom is -0.437 e. The van der Waals surface area contributed by atoms with Crippen molar-refractivity contribution in [2.24, 2.45) is 0 Å². The first kappa shape index (κ1) is 22.3. The Balaban J connectivity index is 1.60. The largest absolute Gasteiger partial charge is 0.437 e. The molecule has 0 fully saturated rings. The van der Waals surface area contributed by atoms with E-state index in [4.69, 9.17) is 27.9 Å². The summed E-state index contributed by atoms with van der Waals surface area (Å²) in [6.45, 7) is 0. The van der Waals surface area contributed by atoms with E-state index in [-0.39, 0.29) is 5.88 Å². The summed E-state index contributed by atoms with van der Waals surface area (Å²) in [7, 11) is 0. The van der Waals surface area contributed by atoms with Crippen molar-refractivity contribution in [1.29, 1.82) is 0 Å². The van der Waals surface area contributed by atoms with E-state index in [9.17, 15) is 18.0 Å². The van der Waals surface area contributed by atoms with Crippen LogP contribution in [0.3, 0.4) is 0 Å². The van der Waals surface area contributed by atoms with Gasteiger partial charge in [0.2, 0.25) is 5.88 Å². The lowest BCUT2D eigenvalue weighted by Crippen LogP contribution is -2.18. The molecule has 4 rings (SSSR count). The molecule has 0 saturated carbocycles. The first-order chi connectivity index (χ1) is 15.2. The van der Waals surface area contributed by atoms with Gasteiger partial charge in [0.05, 0.1) is 16.0 Å². The minimum atomic E-state index is -4.42. The van der Waals surface area contributed by atoms with Crippen molar-refractivity contribution in [3.63, 3.8) is 0 Å². The molecule has 12 heteroatoms. The Morgan fingerprint density at radius 1 is 1.09 bits per heavy atom. The highest BCUT2D eigenvalue weighted by molar-refractivity contribution is 7.22. The quantitative estimate of drug-likeness (QED) is 0.326. The standard InChI is InChI=1S/C20H11Cl2F3N4O2S/c21-17(22)18(30)29-19-28-16-13(2-1-3-14(16)32-19)31-15-8-12(26-9-27-15)10-4-6-11(7-5-10)20(23,24)25/h1-9,17H,(H,28,29,30). The Bertz CT molecular complexity index is 1280. The van der Waals surface area contributed by atoms with Gasteiger partial charge in [-0.05, 0) is 24.3 Å². The number of hydrogen-bond acceptors (Lipinski definition) is 6. The number of carbonyl (C=O) groups is 1. The van der Waals surface area contributed by atoms with Gasteiger partial charge in [-0.2, -0.15) is 13.2 Å². The van der Waals surface area contributed by atoms with E-state index in [0.29, 0.717) is 27.7 Å². The molecule has 32 heavy (non-hydrogen) atoms. The minimum absolute atomic E-state index is 0.169. The number of rotatable bonds is 5. The highest BCUT2D eigenvalue weighted by Crippen LogP contribution is 2.35. The van der Waals surface area contributed by atoms with Crippen LogP contribution in [0, 0.1) is 0 Å². The lowest BCUT2D eigenvalue weighted by molar-refractivity contribution is -0.137. The van der Waals surface area contributed by atoms with E-state index in [1.165, 1.54) is 35.9 Å². The van der Waals surface area contributed by atoms with Gasteiger partial charge in [-0.25, -0.2) is 15.0 Å². The molecule has 0 aliphatic carbocycles. The predicted molar refractivity (Wildman–Crippen MR) is 116 cm³/mol. The average Bonchev–Trinajstić information content (AvgIpc) is 3.17. The fourth-order valence-electron chi connectivity index (χ4n) is 2.71. The van der Waals surface area contributed by atoms with Gasteiger partial charge >= 0.3 is 6.18 Å². The van der Waals surface area contributed by atoms with Gasteiger partial charge in [-0.3, -0.25) is 10.1 Å². The molecule has 0 aliphatic rings. The summed E-state index contributed by atoms with van der Waals surface area (Å²) in [6.07, 6.45) is -3.17. The van der Waals surface area contributed by atoms with Crippen LogP contribution >= 0.6 is 34.5 Å². The highest BCUT2D eigenvalue weighted by atomic mass is 35.5. The normalized spacial score (nSPS) is 11.7. The number of anilines is 1. The number of hydrogen-bond donors (Lipinski definition) is 1. The summed E-state index contributed by atoms with van der Waals surface area (Å²) in [4.78, 5) is 23.0. The van der Waals surface area contributed by atoms with Gasteiger partial charge in [0.15, 0.2) is 15.7 Å². The third-order valence-electron chi connectivity index (χ3n) is 4.17. The molecule has 2 aromatic carbocycles. The number of thiazole rings is 1. The summed E-state index contributed by atoms with van der Waals surface area (Å²) < 4.78 is 44.9. The number of nitrogens with one attached hydrogen (secondary N) is 1. The molecule has 0 atom stereocenters. The van der Waals surface area contributed by atoms with Crippen LogP contribution in [0.25, 0.3) is 21.5 Å². The van der Waals surface area contributed by atoms with Crippen LogP contribution in [0.1, 0.15) is 5.56 Å². The Morgan fingerprint density at radius 3 is 2.53 bits per heavy atom. The predicted octanol–water partition coefficient (Wildman–Crippen LogP) is 6.31. The molecule has 0 saturated heterocycles. The molecule has 0 spiro atoms. The highest BCUT2D eigenvalue weighted by Gasteiger charge is 2.30. The van der Waals surface area contributed by atoms with Gasteiger partial charge in [0.25, 0.3) is 5.91 Å². The lowest BCUT2D eigenvalue weighted by Gasteiger charge is -2.09. The summed E-state index contributed by atoms with van der Waals surface area (Å²) in [5.41, 5.74) is 0.582. The molecule has 6 nitrogen and oxygen atoms in total. The van der Waals surface area contributed by atoms with Crippen molar-refractivity contribution in [2.75, 3.05) is 5.32 Å². The van der Waals surface area contributed by atoms with E-state index in [2.05, 4.69) is 20.3 Å². The van der Waals surface area contributed by atoms with Crippen molar-refractivity contribution in [3.8, 4) is 22.9 Å². The van der Waals surface area contributed by atoms with Crippen LogP contribution < -0.4 is 10.1 Å². The molecule has 2 aromatic heterocycles. The number of ether oxygens (including phenoxy) is 1. The zero-order chi connectivity index (χ0) is 22.9. The van der Waals surface area contributed by atoms with E-state index >= 15 is 0 Å². The van der Waals surface area contributed by atoms with Crippen molar-refractivity contribution in [3.05, 3.63) is 60.4 Å². The molecule has 0 unspecified atom stereocenters. The number of nitrogens with zero attached hydrogens (tertiary/aromatic N) is 3. The molecule has 0 bridgehead atoms. The van der Waals surface area contributed by atoms with Gasteiger partial charge in [-0.1, -0.05) is 52.7 Å². The number of benzene rings is 2. The number of carbonyl (C=O) groups excluding carboxylic acids is 1. The fraction of sp³-hybridized carbons (Fsp3) is 0.100. The maximum atomic E-state index is 12.8. The molecule has 1 amide bonds.